The number of halogens is 1. The van der Waals surface area contributed by atoms with Crippen molar-refractivity contribution in [1.29, 1.82) is 0 Å². The number of amides is 3. The van der Waals surface area contributed by atoms with E-state index in [1.165, 1.54) is 35.4 Å². The molecular formula is C28H28FN3O6. The summed E-state index contributed by atoms with van der Waals surface area (Å²) in [5, 5.41) is 2.83. The van der Waals surface area contributed by atoms with Crippen LogP contribution in [-0.4, -0.2) is 66.1 Å². The number of likely N-dealkylation sites (tertiary alicyclic amines) is 1. The first-order valence-corrected chi connectivity index (χ1v) is 12.4. The lowest BCUT2D eigenvalue weighted by Crippen LogP contribution is -2.59. The van der Waals surface area contributed by atoms with Crippen LogP contribution in [0.15, 0.2) is 71.3 Å². The number of ether oxygens (including phenoxy) is 2. The zero-order valence-corrected chi connectivity index (χ0v) is 20.9. The normalized spacial score (nSPS) is 18.4. The topological polar surface area (TPSA) is 101 Å². The average molecular weight is 522 g/mol. The second-order valence-electron chi connectivity index (χ2n) is 9.27. The fraction of sp³-hybridized carbons (Fsp3) is 0.321. The zero-order chi connectivity index (χ0) is 26.7. The molecule has 5 rings (SSSR count). The maximum absolute atomic E-state index is 13.8. The molecule has 2 saturated heterocycles. The maximum Gasteiger partial charge on any atom is 0.256 e. The van der Waals surface area contributed by atoms with E-state index in [9.17, 15) is 18.8 Å². The molecule has 0 saturated carbocycles. The van der Waals surface area contributed by atoms with Gasteiger partial charge in [0.25, 0.3) is 11.8 Å². The van der Waals surface area contributed by atoms with Crippen molar-refractivity contribution in [3.63, 3.8) is 0 Å². The summed E-state index contributed by atoms with van der Waals surface area (Å²) in [5.41, 5.74) is -0.274. The lowest BCUT2D eigenvalue weighted by molar-refractivity contribution is -0.128. The van der Waals surface area contributed by atoms with Crippen LogP contribution in [0.5, 0.6) is 5.75 Å². The Morgan fingerprint density at radius 1 is 1.00 bits per heavy atom. The molecule has 3 aromatic rings. The van der Waals surface area contributed by atoms with Crippen LogP contribution >= 0.6 is 0 Å². The van der Waals surface area contributed by atoms with Crippen LogP contribution in [0.2, 0.25) is 0 Å². The van der Waals surface area contributed by atoms with Crippen molar-refractivity contribution in [2.75, 3.05) is 26.8 Å². The van der Waals surface area contributed by atoms with Gasteiger partial charge >= 0.3 is 0 Å². The Morgan fingerprint density at radius 2 is 1.66 bits per heavy atom. The van der Waals surface area contributed by atoms with Gasteiger partial charge in [-0.15, -0.1) is 0 Å². The predicted molar refractivity (Wildman–Crippen MR) is 134 cm³/mol. The molecule has 2 fully saturated rings. The van der Waals surface area contributed by atoms with Gasteiger partial charge in [0.05, 0.1) is 26.5 Å². The molecule has 38 heavy (non-hydrogen) atoms. The molecule has 0 bridgehead atoms. The minimum absolute atomic E-state index is 0.0256. The van der Waals surface area contributed by atoms with Gasteiger partial charge in [0.2, 0.25) is 5.91 Å². The number of hydrogen-bond donors (Lipinski definition) is 1. The van der Waals surface area contributed by atoms with Crippen LogP contribution < -0.4 is 10.1 Å². The van der Waals surface area contributed by atoms with Gasteiger partial charge in [0, 0.05) is 37.1 Å². The average Bonchev–Trinajstić information content (AvgIpc) is 3.60. The number of hydrogen-bond acceptors (Lipinski definition) is 6. The van der Waals surface area contributed by atoms with Gasteiger partial charge in [-0.2, -0.15) is 0 Å². The quantitative estimate of drug-likeness (QED) is 0.535. The molecule has 198 valence electrons. The third-order valence-corrected chi connectivity index (χ3v) is 7.06. The molecule has 0 radical (unpaired) electrons. The summed E-state index contributed by atoms with van der Waals surface area (Å²) in [4.78, 5) is 43.2. The molecule has 2 aliphatic rings. The van der Waals surface area contributed by atoms with Crippen LogP contribution in [0.1, 0.15) is 39.3 Å². The Kier molecular flexibility index (Phi) is 7.15. The lowest BCUT2D eigenvalue weighted by atomic mass is 9.96. The number of rotatable bonds is 6. The van der Waals surface area contributed by atoms with E-state index in [0.29, 0.717) is 48.6 Å². The number of nitrogens with zero attached hydrogens (tertiary/aromatic N) is 2. The van der Waals surface area contributed by atoms with Crippen LogP contribution in [0, 0.1) is 5.82 Å². The van der Waals surface area contributed by atoms with E-state index in [2.05, 4.69) is 5.32 Å². The van der Waals surface area contributed by atoms with Gasteiger partial charge in [-0.05, 0) is 60.7 Å². The molecule has 3 amide bonds. The van der Waals surface area contributed by atoms with Crippen molar-refractivity contribution in [3.8, 4) is 5.75 Å². The van der Waals surface area contributed by atoms with Gasteiger partial charge < -0.3 is 24.1 Å². The van der Waals surface area contributed by atoms with E-state index in [-0.39, 0.29) is 30.9 Å². The standard InChI is InChI=1S/C28H28FN3O6/c1-36-22-10-6-20(7-11-22)27(35)32-24(25(33)30-17-23-3-2-16-37-23)18-38-28(32)12-14-31(15-13-28)26(34)19-4-8-21(29)9-5-19/h2-11,16,24H,12-15,17-18H2,1H3,(H,30,33). The van der Waals surface area contributed by atoms with Crippen LogP contribution in [0.4, 0.5) is 4.39 Å². The van der Waals surface area contributed by atoms with E-state index < -0.39 is 17.6 Å². The number of methoxy groups -OCH3 is 1. The summed E-state index contributed by atoms with van der Waals surface area (Å²) in [6.07, 6.45) is 2.17. The molecule has 0 aliphatic carbocycles. The molecular weight excluding hydrogens is 493 g/mol. The summed E-state index contributed by atoms with van der Waals surface area (Å²) < 4.78 is 30.0. The zero-order valence-electron chi connectivity index (χ0n) is 20.9. The summed E-state index contributed by atoms with van der Waals surface area (Å²) in [6.45, 7) is 0.824. The van der Waals surface area contributed by atoms with Gasteiger partial charge in [-0.3, -0.25) is 19.3 Å². The summed E-state index contributed by atoms with van der Waals surface area (Å²) in [5.74, 6) is -0.144. The minimum atomic E-state index is -1.05. The summed E-state index contributed by atoms with van der Waals surface area (Å²) in [7, 11) is 1.54. The van der Waals surface area contributed by atoms with Crippen molar-refractivity contribution in [1.82, 2.24) is 15.1 Å². The van der Waals surface area contributed by atoms with Gasteiger partial charge in [0.1, 0.15) is 29.1 Å². The van der Waals surface area contributed by atoms with Crippen LogP contribution in [-0.2, 0) is 16.1 Å². The highest BCUT2D eigenvalue weighted by Crippen LogP contribution is 2.39. The first-order valence-electron chi connectivity index (χ1n) is 12.4. The second-order valence-corrected chi connectivity index (χ2v) is 9.27. The molecule has 1 atom stereocenters. The molecule has 2 aliphatic heterocycles. The van der Waals surface area contributed by atoms with E-state index in [4.69, 9.17) is 13.9 Å². The predicted octanol–water partition coefficient (Wildman–Crippen LogP) is 3.22. The molecule has 1 aromatic heterocycles. The Balaban J connectivity index is 1.36. The molecule has 3 heterocycles. The smallest absolute Gasteiger partial charge is 0.256 e. The van der Waals surface area contributed by atoms with E-state index >= 15 is 0 Å². The van der Waals surface area contributed by atoms with Gasteiger partial charge in [-0.25, -0.2) is 4.39 Å². The highest BCUT2D eigenvalue weighted by atomic mass is 19.1. The maximum atomic E-state index is 13.8. The third-order valence-electron chi connectivity index (χ3n) is 7.06. The Bertz CT molecular complexity index is 1290. The van der Waals surface area contributed by atoms with E-state index in [0.717, 1.165) is 0 Å². The Labute approximate surface area is 219 Å². The van der Waals surface area contributed by atoms with Gasteiger partial charge in [-0.1, -0.05) is 0 Å². The third kappa shape index (κ3) is 4.99. The van der Waals surface area contributed by atoms with Crippen molar-refractivity contribution in [2.24, 2.45) is 0 Å². The van der Waals surface area contributed by atoms with Crippen molar-refractivity contribution < 1.29 is 32.7 Å². The van der Waals surface area contributed by atoms with Gasteiger partial charge in [0.15, 0.2) is 0 Å². The largest absolute Gasteiger partial charge is 0.497 e. The second kappa shape index (κ2) is 10.7. The lowest BCUT2D eigenvalue weighted by Gasteiger charge is -2.44. The van der Waals surface area contributed by atoms with E-state index in [1.54, 1.807) is 48.4 Å². The monoisotopic (exact) mass is 521 g/mol. The molecule has 9 nitrogen and oxygen atoms in total. The number of benzene rings is 2. The summed E-state index contributed by atoms with van der Waals surface area (Å²) in [6, 6.07) is 14.7. The Hall–Kier alpha value is -4.18. The molecule has 1 spiro atoms. The minimum Gasteiger partial charge on any atom is -0.497 e. The number of piperidine rings is 1. The number of nitrogens with one attached hydrogen (secondary N) is 1. The van der Waals surface area contributed by atoms with E-state index in [1.807, 2.05) is 0 Å². The summed E-state index contributed by atoms with van der Waals surface area (Å²) >= 11 is 0. The first-order chi connectivity index (χ1) is 18.4. The number of carbonyl (C=O) groups excluding carboxylic acids is 3. The van der Waals surface area contributed by atoms with Crippen molar-refractivity contribution >= 4 is 17.7 Å². The molecule has 10 heteroatoms. The molecule has 1 unspecified atom stereocenters. The van der Waals surface area contributed by atoms with Crippen molar-refractivity contribution in [2.45, 2.75) is 31.2 Å². The first kappa shape index (κ1) is 25.5. The fourth-order valence-corrected chi connectivity index (χ4v) is 4.98. The molecule has 2 aromatic carbocycles. The van der Waals surface area contributed by atoms with Crippen molar-refractivity contribution in [3.05, 3.63) is 89.6 Å². The number of furan rings is 1. The molecule has 1 N–H and O–H groups in total. The SMILES string of the molecule is COc1ccc(C(=O)N2C(C(=O)NCc3ccco3)COC23CCN(C(=O)c2ccc(F)cc2)CC3)cc1. The number of carbonyl (C=O) groups is 3. The fourth-order valence-electron chi connectivity index (χ4n) is 4.98. The highest BCUT2D eigenvalue weighted by Gasteiger charge is 2.54. The highest BCUT2D eigenvalue weighted by molar-refractivity contribution is 5.98. The van der Waals surface area contributed by atoms with Crippen LogP contribution in [0.25, 0.3) is 0 Å². The van der Waals surface area contributed by atoms with Crippen LogP contribution in [0.3, 0.4) is 0 Å². The Morgan fingerprint density at radius 3 is 2.29 bits per heavy atom.